The molecule has 0 atom stereocenters. The summed E-state index contributed by atoms with van der Waals surface area (Å²) in [5.41, 5.74) is 1.05. The number of hydrogen-bond acceptors (Lipinski definition) is 9. The van der Waals surface area contributed by atoms with Gasteiger partial charge in [-0.15, -0.1) is 16.4 Å². The Morgan fingerprint density at radius 1 is 1.18 bits per heavy atom. The second kappa shape index (κ2) is 9.40. The molecule has 0 saturated heterocycles. The van der Waals surface area contributed by atoms with Crippen molar-refractivity contribution in [2.45, 2.75) is 37.3 Å². The van der Waals surface area contributed by atoms with E-state index in [1.54, 1.807) is 0 Å². The molecule has 0 radical (unpaired) electrons. The molecule has 2 heterocycles. The van der Waals surface area contributed by atoms with E-state index < -0.39 is 38.5 Å². The fourth-order valence-corrected chi connectivity index (χ4v) is 5.83. The molecule has 0 saturated carbocycles. The van der Waals surface area contributed by atoms with Crippen LogP contribution in [0, 0.1) is 5.82 Å². The zero-order chi connectivity index (χ0) is 23.6. The zero-order valence-electron chi connectivity index (χ0n) is 17.6. The smallest absolute Gasteiger partial charge is 0.341 e. The van der Waals surface area contributed by atoms with E-state index in [1.807, 2.05) is 0 Å². The summed E-state index contributed by atoms with van der Waals surface area (Å²) < 4.78 is 49.2. The molecule has 1 aliphatic carbocycles. The van der Waals surface area contributed by atoms with Gasteiger partial charge in [0.15, 0.2) is 0 Å². The Kier molecular flexibility index (Phi) is 6.56. The van der Waals surface area contributed by atoms with Gasteiger partial charge >= 0.3 is 11.2 Å². The summed E-state index contributed by atoms with van der Waals surface area (Å²) in [5.74, 6) is -3.42. The second-order valence-corrected chi connectivity index (χ2v) is 10.4. The molecule has 0 aliphatic heterocycles. The third-order valence-corrected chi connectivity index (χ3v) is 7.71. The third-order valence-electron chi connectivity index (χ3n) is 5.16. The number of sulfone groups is 1. The maximum Gasteiger partial charge on any atom is 0.341 e. The first-order valence-electron chi connectivity index (χ1n) is 10.1. The van der Waals surface area contributed by atoms with E-state index in [0.717, 1.165) is 36.1 Å². The molecule has 2 aromatic heterocycles. The monoisotopic (exact) mass is 493 g/mol. The van der Waals surface area contributed by atoms with Gasteiger partial charge in [0.2, 0.25) is 15.7 Å². The van der Waals surface area contributed by atoms with Gasteiger partial charge in [-0.05, 0) is 43.4 Å². The Bertz CT molecular complexity index is 1320. The van der Waals surface area contributed by atoms with Crippen molar-refractivity contribution in [1.82, 2.24) is 10.2 Å². The Hall–Kier alpha value is -3.12. The molecule has 1 aliphatic rings. The summed E-state index contributed by atoms with van der Waals surface area (Å²) in [7, 11) is -3.06. The van der Waals surface area contributed by atoms with Crippen LogP contribution in [-0.2, 0) is 32.2 Å². The number of fused-ring (bicyclic) bond motifs is 1. The number of amides is 1. The summed E-state index contributed by atoms with van der Waals surface area (Å²) in [5, 5.41) is 9.03. The van der Waals surface area contributed by atoms with Crippen molar-refractivity contribution in [3.63, 3.8) is 0 Å². The van der Waals surface area contributed by atoms with E-state index in [2.05, 4.69) is 15.5 Å². The molecule has 174 valence electrons. The van der Waals surface area contributed by atoms with Crippen LogP contribution in [0.3, 0.4) is 0 Å². The van der Waals surface area contributed by atoms with Gasteiger partial charge in [-0.1, -0.05) is 23.7 Å². The van der Waals surface area contributed by atoms with Gasteiger partial charge < -0.3 is 14.5 Å². The zero-order valence-corrected chi connectivity index (χ0v) is 19.2. The average molecular weight is 494 g/mol. The van der Waals surface area contributed by atoms with Gasteiger partial charge in [-0.2, -0.15) is 0 Å². The topological polar surface area (TPSA) is 128 Å². The standard InChI is InChI=1S/C21H20FN3O6S2/c1-30-20(27)17-13-8-3-2-4-10-15(13)32-19(17)23-16(26)11-33(28,29)21-25-24-18(31-21)12-7-5-6-9-14(12)22/h5-7,9H,2-4,8,10-11H2,1H3,(H,23,26). The molecule has 1 N–H and O–H groups in total. The molecule has 0 fully saturated rings. The number of methoxy groups -OCH3 is 1. The van der Waals surface area contributed by atoms with Crippen LogP contribution in [0.5, 0.6) is 0 Å². The number of nitrogens with zero attached hydrogens (tertiary/aromatic N) is 2. The number of anilines is 1. The highest BCUT2D eigenvalue weighted by Gasteiger charge is 2.30. The van der Waals surface area contributed by atoms with E-state index in [4.69, 9.17) is 9.15 Å². The lowest BCUT2D eigenvalue weighted by Crippen LogP contribution is -2.24. The van der Waals surface area contributed by atoms with Crippen LogP contribution in [0.15, 0.2) is 33.9 Å². The Morgan fingerprint density at radius 3 is 2.70 bits per heavy atom. The molecule has 1 amide bonds. The number of ether oxygens (including phenoxy) is 1. The van der Waals surface area contributed by atoms with Gasteiger partial charge in [0, 0.05) is 4.88 Å². The molecular formula is C21H20FN3O6S2. The van der Waals surface area contributed by atoms with E-state index in [-0.39, 0.29) is 22.0 Å². The number of nitrogens with one attached hydrogen (secondary N) is 1. The lowest BCUT2D eigenvalue weighted by Gasteiger charge is -2.07. The van der Waals surface area contributed by atoms with Crippen molar-refractivity contribution in [3.05, 3.63) is 46.1 Å². The van der Waals surface area contributed by atoms with E-state index in [0.29, 0.717) is 6.42 Å². The Morgan fingerprint density at radius 2 is 1.94 bits per heavy atom. The normalized spacial score (nSPS) is 13.8. The fraction of sp³-hybridized carbons (Fsp3) is 0.333. The molecule has 9 nitrogen and oxygen atoms in total. The van der Waals surface area contributed by atoms with Crippen LogP contribution >= 0.6 is 11.3 Å². The molecule has 4 rings (SSSR count). The number of thiophene rings is 1. The summed E-state index contributed by atoms with van der Waals surface area (Å²) in [4.78, 5) is 26.0. The van der Waals surface area contributed by atoms with Gasteiger partial charge in [-0.3, -0.25) is 4.79 Å². The molecule has 0 spiro atoms. The number of hydrogen-bond donors (Lipinski definition) is 1. The molecule has 33 heavy (non-hydrogen) atoms. The first-order valence-corrected chi connectivity index (χ1v) is 12.6. The largest absolute Gasteiger partial charge is 0.465 e. The number of aromatic nitrogens is 2. The molecule has 3 aromatic rings. The average Bonchev–Trinajstić information content (AvgIpc) is 3.33. The van der Waals surface area contributed by atoms with E-state index in [1.165, 1.54) is 42.7 Å². The van der Waals surface area contributed by atoms with Crippen LogP contribution in [-0.4, -0.2) is 43.4 Å². The minimum absolute atomic E-state index is 0.0568. The summed E-state index contributed by atoms with van der Waals surface area (Å²) >= 11 is 1.25. The number of carbonyl (C=O) groups is 2. The van der Waals surface area contributed by atoms with E-state index >= 15 is 0 Å². The van der Waals surface area contributed by atoms with Crippen molar-refractivity contribution in [2.24, 2.45) is 0 Å². The number of aryl methyl sites for hydroxylation is 1. The number of rotatable bonds is 6. The van der Waals surface area contributed by atoms with Crippen molar-refractivity contribution < 1.29 is 31.6 Å². The highest BCUT2D eigenvalue weighted by Crippen LogP contribution is 2.38. The van der Waals surface area contributed by atoms with Gasteiger partial charge in [0.1, 0.15) is 16.6 Å². The minimum Gasteiger partial charge on any atom is -0.465 e. The summed E-state index contributed by atoms with van der Waals surface area (Å²) in [6.07, 6.45) is 4.39. The van der Waals surface area contributed by atoms with Crippen LogP contribution in [0.25, 0.3) is 11.5 Å². The first kappa shape index (κ1) is 23.1. The second-order valence-electron chi connectivity index (χ2n) is 7.42. The first-order chi connectivity index (χ1) is 15.8. The molecule has 0 bridgehead atoms. The number of halogens is 1. The maximum absolute atomic E-state index is 13.9. The maximum atomic E-state index is 13.9. The van der Waals surface area contributed by atoms with Crippen LogP contribution in [0.4, 0.5) is 9.39 Å². The number of carbonyl (C=O) groups excluding carboxylic acids is 2. The van der Waals surface area contributed by atoms with Gasteiger partial charge in [-0.25, -0.2) is 17.6 Å². The van der Waals surface area contributed by atoms with Crippen LogP contribution in [0.1, 0.15) is 40.1 Å². The molecule has 12 heteroatoms. The molecule has 1 aromatic carbocycles. The van der Waals surface area contributed by atoms with Gasteiger partial charge in [0.25, 0.3) is 5.89 Å². The Labute approximate surface area is 192 Å². The molecule has 0 unspecified atom stereocenters. The summed E-state index contributed by atoms with van der Waals surface area (Å²) in [6, 6.07) is 5.53. The minimum atomic E-state index is -4.31. The quantitative estimate of drug-likeness (QED) is 0.409. The van der Waals surface area contributed by atoms with Crippen LogP contribution < -0.4 is 5.32 Å². The lowest BCUT2D eigenvalue weighted by atomic mass is 10.1. The van der Waals surface area contributed by atoms with Crippen molar-refractivity contribution >= 4 is 38.1 Å². The number of benzene rings is 1. The SMILES string of the molecule is COC(=O)c1c(NC(=O)CS(=O)(=O)c2nnc(-c3ccccc3F)o2)sc2c1CCCCC2. The highest BCUT2D eigenvalue weighted by molar-refractivity contribution is 7.91. The molecular weight excluding hydrogens is 473 g/mol. The Balaban J connectivity index is 1.55. The highest BCUT2D eigenvalue weighted by atomic mass is 32.2. The number of esters is 1. The fourth-order valence-electron chi connectivity index (χ4n) is 3.62. The summed E-state index contributed by atoms with van der Waals surface area (Å²) in [6.45, 7) is 0. The third kappa shape index (κ3) is 4.81. The van der Waals surface area contributed by atoms with Crippen molar-refractivity contribution in [2.75, 3.05) is 18.2 Å². The van der Waals surface area contributed by atoms with E-state index in [9.17, 15) is 22.4 Å². The predicted molar refractivity (Wildman–Crippen MR) is 117 cm³/mol. The van der Waals surface area contributed by atoms with Crippen molar-refractivity contribution in [3.8, 4) is 11.5 Å². The van der Waals surface area contributed by atoms with Gasteiger partial charge in [0.05, 0.1) is 18.2 Å². The predicted octanol–water partition coefficient (Wildman–Crippen LogP) is 3.41. The lowest BCUT2D eigenvalue weighted by molar-refractivity contribution is -0.113. The van der Waals surface area contributed by atoms with Crippen molar-refractivity contribution in [1.29, 1.82) is 0 Å². The van der Waals surface area contributed by atoms with Crippen LogP contribution in [0.2, 0.25) is 0 Å².